The molecule has 0 saturated heterocycles. The third-order valence-electron chi connectivity index (χ3n) is 3.01. The first-order valence-corrected chi connectivity index (χ1v) is 6.17. The van der Waals surface area contributed by atoms with Crippen LogP contribution >= 0.6 is 0 Å². The quantitative estimate of drug-likeness (QED) is 0.865. The van der Waals surface area contributed by atoms with Crippen molar-refractivity contribution in [2.45, 2.75) is 12.5 Å². The van der Waals surface area contributed by atoms with E-state index in [4.69, 9.17) is 15.6 Å². The first-order valence-electron chi connectivity index (χ1n) is 6.17. The predicted octanol–water partition coefficient (Wildman–Crippen LogP) is 1.71. The summed E-state index contributed by atoms with van der Waals surface area (Å²) in [4.78, 5) is 14.8. The molecule has 0 aliphatic carbocycles. The molecule has 0 aliphatic heterocycles. The number of hydrogen-bond acceptors (Lipinski definition) is 4. The lowest BCUT2D eigenvalue weighted by atomic mass is 10.0. The van der Waals surface area contributed by atoms with Gasteiger partial charge in [-0.25, -0.2) is 0 Å². The maximum Gasteiger partial charge on any atom is 0.320 e. The van der Waals surface area contributed by atoms with Gasteiger partial charge in [0.2, 0.25) is 0 Å². The average Bonchev–Trinajstić information content (AvgIpc) is 2.48. The van der Waals surface area contributed by atoms with E-state index in [9.17, 15) is 4.79 Å². The summed E-state index contributed by atoms with van der Waals surface area (Å²) in [5.74, 6) is -0.300. The number of nitrogens with two attached hydrogens (primary N) is 1. The third kappa shape index (κ3) is 3.33. The normalized spacial score (nSPS) is 11.9. The van der Waals surface area contributed by atoms with Crippen LogP contribution in [-0.4, -0.2) is 29.2 Å². The van der Waals surface area contributed by atoms with E-state index in [1.807, 2.05) is 30.3 Å². The molecule has 0 bridgehead atoms. The highest BCUT2D eigenvalue weighted by Gasteiger charge is 2.11. The number of carbonyl (C=O) groups is 1. The first-order chi connectivity index (χ1) is 9.60. The number of benzene rings is 1. The second-order valence-corrected chi connectivity index (χ2v) is 4.46. The fraction of sp³-hybridized carbons (Fsp3) is 0.200. The Kier molecular flexibility index (Phi) is 4.32. The summed E-state index contributed by atoms with van der Waals surface area (Å²) >= 11 is 0. The van der Waals surface area contributed by atoms with Gasteiger partial charge >= 0.3 is 5.97 Å². The van der Waals surface area contributed by atoms with Crippen LogP contribution in [0.2, 0.25) is 0 Å². The Morgan fingerprint density at radius 1 is 1.30 bits per heavy atom. The van der Waals surface area contributed by atoms with Crippen molar-refractivity contribution in [3.63, 3.8) is 0 Å². The zero-order valence-corrected chi connectivity index (χ0v) is 11.1. The minimum absolute atomic E-state index is 0.311. The molecule has 1 aromatic carbocycles. The smallest absolute Gasteiger partial charge is 0.320 e. The van der Waals surface area contributed by atoms with Crippen molar-refractivity contribution in [1.82, 2.24) is 4.98 Å². The topological polar surface area (TPSA) is 85.4 Å². The fourth-order valence-electron chi connectivity index (χ4n) is 1.86. The van der Waals surface area contributed by atoms with Gasteiger partial charge in [0.1, 0.15) is 11.8 Å². The second-order valence-electron chi connectivity index (χ2n) is 4.46. The maximum atomic E-state index is 10.7. The van der Waals surface area contributed by atoms with Gasteiger partial charge < -0.3 is 15.6 Å². The summed E-state index contributed by atoms with van der Waals surface area (Å²) < 4.78 is 5.13. The largest absolute Gasteiger partial charge is 0.495 e. The highest BCUT2D eigenvalue weighted by atomic mass is 16.5. The molecule has 0 fully saturated rings. The molecule has 3 N–H and O–H groups in total. The van der Waals surface area contributed by atoms with E-state index in [2.05, 4.69) is 4.98 Å². The summed E-state index contributed by atoms with van der Waals surface area (Å²) in [5.41, 5.74) is 8.33. The van der Waals surface area contributed by atoms with Crippen LogP contribution in [0.4, 0.5) is 0 Å². The average molecular weight is 272 g/mol. The number of aliphatic carboxylic acids is 1. The number of methoxy groups -OCH3 is 1. The zero-order chi connectivity index (χ0) is 14.5. The molecule has 0 amide bonds. The van der Waals surface area contributed by atoms with Crippen molar-refractivity contribution < 1.29 is 14.6 Å². The molecule has 5 heteroatoms. The van der Waals surface area contributed by atoms with Crippen LogP contribution in [-0.2, 0) is 11.2 Å². The number of nitrogens with zero attached hydrogens (tertiary/aromatic N) is 1. The summed E-state index contributed by atoms with van der Waals surface area (Å²) in [5, 5.41) is 8.79. The number of hydrogen-bond donors (Lipinski definition) is 2. The third-order valence-corrected chi connectivity index (χ3v) is 3.01. The molecule has 2 rings (SSSR count). The van der Waals surface area contributed by atoms with E-state index < -0.39 is 12.0 Å². The minimum atomic E-state index is -0.994. The van der Waals surface area contributed by atoms with E-state index in [0.29, 0.717) is 12.2 Å². The molecular weight excluding hydrogens is 256 g/mol. The molecule has 0 radical (unpaired) electrons. The van der Waals surface area contributed by atoms with Crippen LogP contribution in [0.3, 0.4) is 0 Å². The van der Waals surface area contributed by atoms with Gasteiger partial charge in [-0.3, -0.25) is 9.78 Å². The van der Waals surface area contributed by atoms with Crippen LogP contribution in [0.1, 0.15) is 5.56 Å². The number of rotatable bonds is 5. The van der Waals surface area contributed by atoms with Crippen molar-refractivity contribution in [3.05, 3.63) is 48.3 Å². The van der Waals surface area contributed by atoms with Gasteiger partial charge in [-0.1, -0.05) is 24.3 Å². The highest BCUT2D eigenvalue weighted by Crippen LogP contribution is 2.23. The Bertz CT molecular complexity index is 596. The Labute approximate surface area is 117 Å². The van der Waals surface area contributed by atoms with E-state index in [1.54, 1.807) is 19.5 Å². The van der Waals surface area contributed by atoms with Gasteiger partial charge in [0.15, 0.2) is 0 Å². The first kappa shape index (κ1) is 14.0. The van der Waals surface area contributed by atoms with Gasteiger partial charge in [-0.15, -0.1) is 0 Å². The molecule has 2 aromatic rings. The number of pyridine rings is 1. The molecule has 0 unspecified atom stereocenters. The molecule has 1 heterocycles. The Hall–Kier alpha value is -2.40. The zero-order valence-electron chi connectivity index (χ0n) is 11.1. The van der Waals surface area contributed by atoms with Crippen LogP contribution in [0.5, 0.6) is 5.75 Å². The molecule has 0 saturated carbocycles. The molecule has 104 valence electrons. The molecule has 1 atom stereocenters. The van der Waals surface area contributed by atoms with E-state index in [0.717, 1.165) is 16.7 Å². The van der Waals surface area contributed by atoms with Gasteiger partial charge in [0.25, 0.3) is 0 Å². The number of aromatic nitrogens is 1. The van der Waals surface area contributed by atoms with E-state index in [1.165, 1.54) is 0 Å². The van der Waals surface area contributed by atoms with Crippen molar-refractivity contribution in [3.8, 4) is 16.9 Å². The lowest BCUT2D eigenvalue weighted by molar-refractivity contribution is -0.138. The molecule has 20 heavy (non-hydrogen) atoms. The predicted molar refractivity (Wildman–Crippen MR) is 75.5 cm³/mol. The molecule has 0 spiro atoms. The number of ether oxygens (including phenoxy) is 1. The summed E-state index contributed by atoms with van der Waals surface area (Å²) in [6, 6.07) is 8.60. The highest BCUT2D eigenvalue weighted by molar-refractivity contribution is 5.73. The van der Waals surface area contributed by atoms with Crippen LogP contribution in [0, 0.1) is 0 Å². The van der Waals surface area contributed by atoms with Crippen LogP contribution < -0.4 is 10.5 Å². The van der Waals surface area contributed by atoms with Crippen molar-refractivity contribution in [2.24, 2.45) is 5.73 Å². The van der Waals surface area contributed by atoms with Crippen molar-refractivity contribution in [1.29, 1.82) is 0 Å². The molecule has 1 aromatic heterocycles. The summed E-state index contributed by atoms with van der Waals surface area (Å²) in [6.45, 7) is 0. The summed E-state index contributed by atoms with van der Waals surface area (Å²) in [6.07, 6.45) is 3.70. The van der Waals surface area contributed by atoms with E-state index in [-0.39, 0.29) is 0 Å². The summed E-state index contributed by atoms with van der Waals surface area (Å²) in [7, 11) is 1.59. The monoisotopic (exact) mass is 272 g/mol. The number of carboxylic acid groups (broad SMARTS) is 1. The Morgan fingerprint density at radius 2 is 2.00 bits per heavy atom. The maximum absolute atomic E-state index is 10.7. The standard InChI is InChI=1S/C15H16N2O3/c1-20-13-7-12(8-17-9-13)11-4-2-10(3-5-11)6-14(16)15(18)19/h2-5,7-9,14H,6,16H2,1H3,(H,18,19)/t14-/m0/s1. The van der Waals surface area contributed by atoms with E-state index >= 15 is 0 Å². The molecule has 0 aliphatic rings. The van der Waals surface area contributed by atoms with Crippen LogP contribution in [0.25, 0.3) is 11.1 Å². The molecular formula is C15H16N2O3. The SMILES string of the molecule is COc1cncc(-c2ccc(C[C@H](N)C(=O)O)cc2)c1. The van der Waals surface area contributed by atoms with Gasteiger partial charge in [0.05, 0.1) is 13.3 Å². The van der Waals surface area contributed by atoms with Crippen molar-refractivity contribution >= 4 is 5.97 Å². The Morgan fingerprint density at radius 3 is 2.60 bits per heavy atom. The number of carboxylic acids is 1. The fourth-order valence-corrected chi connectivity index (χ4v) is 1.86. The van der Waals surface area contributed by atoms with Gasteiger partial charge in [0, 0.05) is 11.8 Å². The minimum Gasteiger partial charge on any atom is -0.495 e. The lowest BCUT2D eigenvalue weighted by Crippen LogP contribution is -2.32. The Balaban J connectivity index is 2.17. The lowest BCUT2D eigenvalue weighted by Gasteiger charge is -2.08. The van der Waals surface area contributed by atoms with Gasteiger partial charge in [-0.2, -0.15) is 0 Å². The van der Waals surface area contributed by atoms with Gasteiger partial charge in [-0.05, 0) is 23.6 Å². The second kappa shape index (κ2) is 6.16. The molecule has 5 nitrogen and oxygen atoms in total. The van der Waals surface area contributed by atoms with Crippen LogP contribution in [0.15, 0.2) is 42.7 Å². The van der Waals surface area contributed by atoms with Crippen molar-refractivity contribution in [2.75, 3.05) is 7.11 Å².